The number of allylic oxidation sites excluding steroid dienone is 1. The van der Waals surface area contributed by atoms with E-state index in [0.29, 0.717) is 12.5 Å². The van der Waals surface area contributed by atoms with Gasteiger partial charge in [0.05, 0.1) is 0 Å². The maximum atomic E-state index is 12.1. The van der Waals surface area contributed by atoms with Crippen LogP contribution in [0.15, 0.2) is 36.9 Å². The molecule has 0 aromatic heterocycles. The Hall–Kier alpha value is -0.980. The molecule has 0 fully saturated rings. The fourth-order valence-corrected chi connectivity index (χ4v) is 2.95. The maximum Gasteiger partial charge on any atom is 0.548 e. The molecule has 0 aliphatic rings. The van der Waals surface area contributed by atoms with Gasteiger partial charge in [0.15, 0.2) is 0 Å². The lowest BCUT2D eigenvalue weighted by Gasteiger charge is -2.09. The zero-order valence-corrected chi connectivity index (χ0v) is 13.6. The second-order valence-electron chi connectivity index (χ2n) is 5.13. The number of rotatable bonds is 10. The van der Waals surface area contributed by atoms with Crippen LogP contribution in [0.4, 0.5) is 0 Å². The van der Waals surface area contributed by atoms with Crippen molar-refractivity contribution >= 4 is 13.3 Å². The third-order valence-corrected chi connectivity index (χ3v) is 4.60. The summed E-state index contributed by atoms with van der Waals surface area (Å²) in [6.45, 7) is 8.67. The van der Waals surface area contributed by atoms with Crippen LogP contribution in [0.5, 0.6) is 0 Å². The van der Waals surface area contributed by atoms with Crippen LogP contribution in [0, 0.1) is 5.92 Å². The molecule has 0 heterocycles. The molecule has 0 radical (unpaired) electrons. The van der Waals surface area contributed by atoms with Crippen LogP contribution >= 0.6 is 8.03 Å². The van der Waals surface area contributed by atoms with Crippen molar-refractivity contribution < 1.29 is 9.09 Å². The summed E-state index contributed by atoms with van der Waals surface area (Å²) in [4.78, 5) is 0. The molecule has 0 aliphatic carbocycles. The smallest absolute Gasteiger partial charge is 0.141 e. The molecule has 0 saturated heterocycles. The van der Waals surface area contributed by atoms with Gasteiger partial charge in [0.1, 0.15) is 6.61 Å². The highest BCUT2D eigenvalue weighted by atomic mass is 31.1. The van der Waals surface area contributed by atoms with Crippen molar-refractivity contribution in [1.82, 2.24) is 0 Å². The Morgan fingerprint density at radius 1 is 1.30 bits per heavy atom. The summed E-state index contributed by atoms with van der Waals surface area (Å²) in [6.07, 6.45) is 7.37. The third kappa shape index (κ3) is 5.98. The van der Waals surface area contributed by atoms with Crippen LogP contribution in [-0.2, 0) is 15.5 Å². The molecule has 2 nitrogen and oxygen atoms in total. The molecule has 0 aliphatic heterocycles. The molecule has 1 aromatic carbocycles. The molecule has 3 heteroatoms. The first-order chi connectivity index (χ1) is 9.71. The highest BCUT2D eigenvalue weighted by molar-refractivity contribution is 7.48. The first-order valence-electron chi connectivity index (χ1n) is 7.51. The Labute approximate surface area is 124 Å². The first kappa shape index (κ1) is 17.1. The summed E-state index contributed by atoms with van der Waals surface area (Å²) in [5.41, 5.74) is 1.18. The molecule has 2 unspecified atom stereocenters. The molecular weight excluding hydrogens is 267 g/mol. The molecule has 20 heavy (non-hydrogen) atoms. The monoisotopic (exact) mass is 293 g/mol. The molecular formula is C17H26O2P+. The third-order valence-electron chi connectivity index (χ3n) is 3.50. The van der Waals surface area contributed by atoms with Crippen LogP contribution < -0.4 is 5.30 Å². The maximum absolute atomic E-state index is 12.1. The Bertz CT molecular complexity index is 412. The molecule has 2 atom stereocenters. The fourth-order valence-electron chi connectivity index (χ4n) is 2.07. The number of benzene rings is 1. The lowest BCUT2D eigenvalue weighted by atomic mass is 10.0. The van der Waals surface area contributed by atoms with Gasteiger partial charge in [0.25, 0.3) is 0 Å². The topological polar surface area (TPSA) is 26.3 Å². The van der Waals surface area contributed by atoms with E-state index in [1.54, 1.807) is 0 Å². The van der Waals surface area contributed by atoms with E-state index in [2.05, 4.69) is 20.4 Å². The van der Waals surface area contributed by atoms with Crippen LogP contribution in [-0.4, -0.2) is 6.61 Å². The zero-order valence-electron chi connectivity index (χ0n) is 12.7. The van der Waals surface area contributed by atoms with Gasteiger partial charge in [0, 0.05) is 0 Å². The van der Waals surface area contributed by atoms with Gasteiger partial charge in [-0.05, 0) is 41.0 Å². The summed E-state index contributed by atoms with van der Waals surface area (Å²) in [5, 5.41) is 0.776. The normalized spacial score (nSPS) is 13.0. The first-order valence-corrected chi connectivity index (χ1v) is 8.69. The molecule has 110 valence electrons. The Morgan fingerprint density at radius 3 is 2.55 bits per heavy atom. The van der Waals surface area contributed by atoms with Gasteiger partial charge < -0.3 is 0 Å². The van der Waals surface area contributed by atoms with E-state index < -0.39 is 8.03 Å². The number of hydrogen-bond donors (Lipinski definition) is 0. The van der Waals surface area contributed by atoms with Crippen LogP contribution in [0.3, 0.4) is 0 Å². The molecule has 0 saturated carbocycles. The quantitative estimate of drug-likeness (QED) is 0.447. The minimum Gasteiger partial charge on any atom is -0.141 e. The number of unbranched alkanes of at least 4 members (excludes halogenated alkanes) is 1. The molecule has 0 N–H and O–H groups in total. The number of hydrogen-bond acceptors (Lipinski definition) is 2. The molecule has 1 aromatic rings. The SMILES string of the molecule is C=CCc1ccc([P+](=O)OCC(CC)CCCC)cc1. The molecule has 0 spiro atoms. The van der Waals surface area contributed by atoms with E-state index in [1.807, 2.05) is 30.3 Å². The minimum atomic E-state index is -1.73. The van der Waals surface area contributed by atoms with Crippen molar-refractivity contribution in [3.63, 3.8) is 0 Å². The van der Waals surface area contributed by atoms with Crippen LogP contribution in [0.2, 0.25) is 0 Å². The van der Waals surface area contributed by atoms with E-state index >= 15 is 0 Å². The van der Waals surface area contributed by atoms with E-state index in [1.165, 1.54) is 18.4 Å². The molecule has 0 amide bonds. The van der Waals surface area contributed by atoms with Gasteiger partial charge in [0.2, 0.25) is 5.30 Å². The second kappa shape index (κ2) is 9.85. The van der Waals surface area contributed by atoms with Gasteiger partial charge in [-0.1, -0.05) is 51.3 Å². The highest BCUT2D eigenvalue weighted by Gasteiger charge is 2.23. The molecule has 0 bridgehead atoms. The lowest BCUT2D eigenvalue weighted by molar-refractivity contribution is 0.247. The van der Waals surface area contributed by atoms with Crippen molar-refractivity contribution in [2.24, 2.45) is 5.92 Å². The van der Waals surface area contributed by atoms with Gasteiger partial charge in [-0.2, -0.15) is 0 Å². The zero-order chi connectivity index (χ0) is 14.8. The van der Waals surface area contributed by atoms with Gasteiger partial charge >= 0.3 is 8.03 Å². The molecule has 1 rings (SSSR count). The standard InChI is InChI=1S/C17H26O2P/c1-4-7-9-15(6-3)14-19-20(18)17-12-10-16(8-5-2)11-13-17/h5,10-13,15H,2,4,6-9,14H2,1,3H3/q+1. The summed E-state index contributed by atoms with van der Waals surface area (Å²) >= 11 is 0. The van der Waals surface area contributed by atoms with Crippen molar-refractivity contribution in [1.29, 1.82) is 0 Å². The largest absolute Gasteiger partial charge is 0.548 e. The fraction of sp³-hybridized carbons (Fsp3) is 0.529. The Kier molecular flexibility index (Phi) is 8.41. The van der Waals surface area contributed by atoms with E-state index in [4.69, 9.17) is 4.52 Å². The summed E-state index contributed by atoms with van der Waals surface area (Å²) < 4.78 is 17.7. The van der Waals surface area contributed by atoms with Gasteiger partial charge in [-0.25, -0.2) is 0 Å². The minimum absolute atomic E-state index is 0.522. The average molecular weight is 293 g/mol. The predicted molar refractivity (Wildman–Crippen MR) is 86.8 cm³/mol. The Morgan fingerprint density at radius 2 is 2.00 bits per heavy atom. The van der Waals surface area contributed by atoms with E-state index in [0.717, 1.165) is 24.6 Å². The summed E-state index contributed by atoms with van der Waals surface area (Å²) in [5.74, 6) is 0.522. The highest BCUT2D eigenvalue weighted by Crippen LogP contribution is 2.25. The van der Waals surface area contributed by atoms with E-state index in [-0.39, 0.29) is 0 Å². The van der Waals surface area contributed by atoms with Crippen LogP contribution in [0.25, 0.3) is 0 Å². The van der Waals surface area contributed by atoms with Gasteiger partial charge in [-0.3, -0.25) is 0 Å². The predicted octanol–water partition coefficient (Wildman–Crippen LogP) is 5.02. The summed E-state index contributed by atoms with van der Waals surface area (Å²) in [6, 6.07) is 7.76. The van der Waals surface area contributed by atoms with E-state index in [9.17, 15) is 4.57 Å². The van der Waals surface area contributed by atoms with Crippen LogP contribution in [0.1, 0.15) is 45.1 Å². The average Bonchev–Trinajstić information content (AvgIpc) is 2.48. The Balaban J connectivity index is 2.46. The van der Waals surface area contributed by atoms with Crippen molar-refractivity contribution in [3.8, 4) is 0 Å². The van der Waals surface area contributed by atoms with Crippen molar-refractivity contribution in [3.05, 3.63) is 42.5 Å². The summed E-state index contributed by atoms with van der Waals surface area (Å²) in [7, 11) is -1.73. The van der Waals surface area contributed by atoms with Gasteiger partial charge in [-0.15, -0.1) is 11.1 Å². The second-order valence-corrected chi connectivity index (χ2v) is 6.42. The lowest BCUT2D eigenvalue weighted by Crippen LogP contribution is -2.08. The van der Waals surface area contributed by atoms with Crippen molar-refractivity contribution in [2.45, 2.75) is 46.0 Å². The van der Waals surface area contributed by atoms with Crippen molar-refractivity contribution in [2.75, 3.05) is 6.61 Å².